The van der Waals surface area contributed by atoms with Crippen LogP contribution < -0.4 is 16.0 Å². The van der Waals surface area contributed by atoms with Gasteiger partial charge in [-0.15, -0.1) is 23.2 Å². The Hall–Kier alpha value is -3.85. The highest BCUT2D eigenvalue weighted by Crippen LogP contribution is 2.25. The van der Waals surface area contributed by atoms with E-state index in [1.165, 1.54) is 6.08 Å². The standard InChI is InChI=1S/C32H37N3O5.CH2Cl2/c1-31(2,3)23-16-18-24(19-17-23)33-29(38)28(37)22-14-11-21(12-15-22)13-20-27(36)34-25-9-7-8-10-26(25)35-30(39)40-32(4,5)6;2-1-3/h7-20,28,37H,1-6H3,(H,33,38)(H,34,36)(H,35,39);1H2/b20-13+;. The molecule has 0 aromatic heterocycles. The quantitative estimate of drug-likeness (QED) is 0.156. The number of ether oxygens (including phenoxy) is 1. The molecule has 4 N–H and O–H groups in total. The molecule has 0 spiro atoms. The van der Waals surface area contributed by atoms with E-state index in [1.54, 1.807) is 75.4 Å². The smallest absolute Gasteiger partial charge is 0.412 e. The zero-order valence-electron chi connectivity index (χ0n) is 25.2. The van der Waals surface area contributed by atoms with Crippen molar-refractivity contribution in [2.75, 3.05) is 21.3 Å². The summed E-state index contributed by atoms with van der Waals surface area (Å²) in [6.07, 6.45) is 0.979. The van der Waals surface area contributed by atoms with Gasteiger partial charge in [-0.05, 0) is 73.2 Å². The third-order valence-corrected chi connectivity index (χ3v) is 5.77. The SMILES string of the molecule is CC(C)(C)OC(=O)Nc1ccccc1NC(=O)/C=C/c1ccc(C(O)C(=O)Nc2ccc(C(C)(C)C)cc2)cc1.ClCCl. The van der Waals surface area contributed by atoms with Crippen molar-refractivity contribution in [3.8, 4) is 0 Å². The number of hydrogen-bond donors (Lipinski definition) is 4. The molecule has 0 saturated carbocycles. The molecule has 10 heteroatoms. The van der Waals surface area contributed by atoms with Gasteiger partial charge in [0.25, 0.3) is 5.91 Å². The first kappa shape index (κ1) is 35.3. The van der Waals surface area contributed by atoms with Gasteiger partial charge in [-0.25, -0.2) is 4.79 Å². The van der Waals surface area contributed by atoms with Gasteiger partial charge in [0.1, 0.15) is 5.60 Å². The van der Waals surface area contributed by atoms with Crippen LogP contribution in [0.2, 0.25) is 0 Å². The maximum Gasteiger partial charge on any atom is 0.412 e. The predicted octanol–water partition coefficient (Wildman–Crippen LogP) is 8.08. The molecular weight excluding hydrogens is 589 g/mol. The lowest BCUT2D eigenvalue weighted by Gasteiger charge is -2.20. The number of aliphatic hydroxyl groups excluding tert-OH is 1. The molecule has 3 aromatic carbocycles. The van der Waals surface area contributed by atoms with E-state index in [9.17, 15) is 19.5 Å². The number of carbonyl (C=O) groups is 3. The first-order valence-corrected chi connectivity index (χ1v) is 14.6. The molecule has 0 aliphatic heterocycles. The van der Waals surface area contributed by atoms with Gasteiger partial charge >= 0.3 is 6.09 Å². The molecule has 230 valence electrons. The summed E-state index contributed by atoms with van der Waals surface area (Å²) in [6.45, 7) is 11.6. The number of nitrogens with one attached hydrogen (secondary N) is 3. The Morgan fingerprint density at radius 2 is 1.35 bits per heavy atom. The lowest BCUT2D eigenvalue weighted by molar-refractivity contribution is -0.124. The summed E-state index contributed by atoms with van der Waals surface area (Å²) in [5.41, 5.74) is 3.04. The van der Waals surface area contributed by atoms with E-state index in [1.807, 2.05) is 24.3 Å². The number of benzene rings is 3. The van der Waals surface area contributed by atoms with Crippen LogP contribution in [0.3, 0.4) is 0 Å². The number of amides is 3. The summed E-state index contributed by atoms with van der Waals surface area (Å²) >= 11 is 9.53. The van der Waals surface area contributed by atoms with Crippen LogP contribution in [-0.2, 0) is 19.7 Å². The normalized spacial score (nSPS) is 12.0. The van der Waals surface area contributed by atoms with Crippen molar-refractivity contribution in [3.63, 3.8) is 0 Å². The van der Waals surface area contributed by atoms with Crippen molar-refractivity contribution in [2.24, 2.45) is 0 Å². The zero-order valence-corrected chi connectivity index (χ0v) is 26.7. The van der Waals surface area contributed by atoms with Gasteiger partial charge in [-0.3, -0.25) is 14.9 Å². The Bertz CT molecular complexity index is 1390. The first-order valence-electron chi connectivity index (χ1n) is 13.5. The Labute approximate surface area is 263 Å². The number of para-hydroxylation sites is 2. The number of anilines is 3. The molecule has 0 saturated heterocycles. The highest BCUT2D eigenvalue weighted by atomic mass is 35.5. The van der Waals surface area contributed by atoms with E-state index >= 15 is 0 Å². The minimum Gasteiger partial charge on any atom is -0.444 e. The fraction of sp³-hybridized carbons (Fsp3) is 0.303. The molecule has 0 aliphatic carbocycles. The van der Waals surface area contributed by atoms with Crippen LogP contribution in [0.1, 0.15) is 64.3 Å². The molecule has 43 heavy (non-hydrogen) atoms. The summed E-state index contributed by atoms with van der Waals surface area (Å²) in [4.78, 5) is 37.2. The van der Waals surface area contributed by atoms with Gasteiger partial charge in [0.15, 0.2) is 6.10 Å². The molecule has 0 aliphatic rings. The van der Waals surface area contributed by atoms with Crippen molar-refractivity contribution in [1.82, 2.24) is 0 Å². The van der Waals surface area contributed by atoms with Crippen LogP contribution in [0.15, 0.2) is 78.9 Å². The van der Waals surface area contributed by atoms with Gasteiger partial charge in [-0.2, -0.15) is 0 Å². The zero-order chi connectivity index (χ0) is 32.2. The van der Waals surface area contributed by atoms with Gasteiger partial charge in [0, 0.05) is 11.8 Å². The first-order chi connectivity index (χ1) is 20.1. The summed E-state index contributed by atoms with van der Waals surface area (Å²) in [5, 5.41) is 18.8. The second-order valence-corrected chi connectivity index (χ2v) is 12.3. The third-order valence-electron chi connectivity index (χ3n) is 5.77. The number of alkyl halides is 2. The fourth-order valence-corrected chi connectivity index (χ4v) is 3.67. The maximum absolute atomic E-state index is 12.6. The summed E-state index contributed by atoms with van der Waals surface area (Å²) in [7, 11) is 0. The number of halogens is 2. The van der Waals surface area contributed by atoms with Crippen LogP contribution in [0.5, 0.6) is 0 Å². The molecule has 3 amide bonds. The van der Waals surface area contributed by atoms with E-state index in [0.29, 0.717) is 28.2 Å². The molecule has 8 nitrogen and oxygen atoms in total. The van der Waals surface area contributed by atoms with Gasteiger partial charge < -0.3 is 20.5 Å². The Morgan fingerprint density at radius 1 is 0.814 bits per heavy atom. The second-order valence-electron chi connectivity index (χ2n) is 11.5. The molecule has 3 rings (SSSR count). The lowest BCUT2D eigenvalue weighted by Crippen LogP contribution is -2.27. The third kappa shape index (κ3) is 12.5. The van der Waals surface area contributed by atoms with Crippen molar-refractivity contribution >= 4 is 64.2 Å². The minimum absolute atomic E-state index is 0.00237. The number of aliphatic hydroxyl groups is 1. The largest absolute Gasteiger partial charge is 0.444 e. The second kappa shape index (κ2) is 16.1. The molecular formula is C33H39Cl2N3O5. The minimum atomic E-state index is -1.35. The van der Waals surface area contributed by atoms with E-state index in [2.05, 4.69) is 36.7 Å². The molecule has 3 aromatic rings. The van der Waals surface area contributed by atoms with Crippen LogP contribution in [0.4, 0.5) is 21.9 Å². The van der Waals surface area contributed by atoms with E-state index in [4.69, 9.17) is 27.9 Å². The Kier molecular flexibility index (Phi) is 13.3. The number of hydrogen-bond acceptors (Lipinski definition) is 5. The van der Waals surface area contributed by atoms with Crippen LogP contribution in [0.25, 0.3) is 6.08 Å². The van der Waals surface area contributed by atoms with Crippen molar-refractivity contribution in [3.05, 3.63) is 95.6 Å². The van der Waals surface area contributed by atoms with Gasteiger partial charge in [-0.1, -0.05) is 69.3 Å². The average molecular weight is 629 g/mol. The molecule has 1 unspecified atom stereocenters. The molecule has 0 fully saturated rings. The highest BCUT2D eigenvalue weighted by molar-refractivity contribution is 6.40. The van der Waals surface area contributed by atoms with Gasteiger partial charge in [0.05, 0.1) is 16.7 Å². The summed E-state index contributed by atoms with van der Waals surface area (Å²) < 4.78 is 5.27. The summed E-state index contributed by atoms with van der Waals surface area (Å²) in [5.74, 6) is -0.941. The van der Waals surface area contributed by atoms with E-state index < -0.39 is 29.6 Å². The van der Waals surface area contributed by atoms with Crippen molar-refractivity contribution in [2.45, 2.75) is 58.7 Å². The topological polar surface area (TPSA) is 117 Å². The van der Waals surface area contributed by atoms with Crippen LogP contribution in [-0.4, -0.2) is 34.0 Å². The maximum atomic E-state index is 12.6. The van der Waals surface area contributed by atoms with Gasteiger partial charge in [0.2, 0.25) is 5.91 Å². The fourth-order valence-electron chi connectivity index (χ4n) is 3.67. The lowest BCUT2D eigenvalue weighted by atomic mass is 9.87. The molecule has 0 heterocycles. The van der Waals surface area contributed by atoms with Crippen LogP contribution >= 0.6 is 23.2 Å². The Balaban J connectivity index is 0.00000206. The summed E-state index contributed by atoms with van der Waals surface area (Å²) in [6, 6.07) is 21.0. The Morgan fingerprint density at radius 3 is 1.86 bits per heavy atom. The molecule has 0 radical (unpaired) electrons. The van der Waals surface area contributed by atoms with Crippen molar-refractivity contribution in [1.29, 1.82) is 0 Å². The number of rotatable bonds is 7. The average Bonchev–Trinajstić information content (AvgIpc) is 2.92. The van der Waals surface area contributed by atoms with Crippen molar-refractivity contribution < 1.29 is 24.2 Å². The van der Waals surface area contributed by atoms with Crippen LogP contribution in [0, 0.1) is 0 Å². The molecule has 1 atom stereocenters. The van der Waals surface area contributed by atoms with E-state index in [-0.39, 0.29) is 10.8 Å². The highest BCUT2D eigenvalue weighted by Gasteiger charge is 2.19. The molecule has 0 bridgehead atoms. The predicted molar refractivity (Wildman–Crippen MR) is 176 cm³/mol. The monoisotopic (exact) mass is 627 g/mol. The van der Waals surface area contributed by atoms with E-state index in [0.717, 1.165) is 5.56 Å². The number of carbonyl (C=O) groups excluding carboxylic acids is 3.